The van der Waals surface area contributed by atoms with E-state index in [4.69, 9.17) is 0 Å². The highest BCUT2D eigenvalue weighted by molar-refractivity contribution is 5.86. The molecule has 2 aromatic heterocycles. The van der Waals surface area contributed by atoms with Crippen LogP contribution in [0.1, 0.15) is 40.3 Å². The average Bonchev–Trinajstić information content (AvgIpc) is 3.31. The third-order valence-electron chi connectivity index (χ3n) is 7.04. The van der Waals surface area contributed by atoms with Crippen molar-refractivity contribution in [2.75, 3.05) is 0 Å². The third-order valence-corrected chi connectivity index (χ3v) is 7.04. The number of aliphatic carboxylic acids is 1. The average molecular weight is 497 g/mol. The van der Waals surface area contributed by atoms with Crippen molar-refractivity contribution >= 4 is 27.9 Å². The molecule has 3 aromatic carbocycles. The molecule has 5 rings (SSSR count). The Hall–Kier alpha value is -4.64. The molecule has 7 nitrogen and oxygen atoms in total. The van der Waals surface area contributed by atoms with Crippen LogP contribution in [-0.2, 0) is 18.4 Å². The van der Waals surface area contributed by atoms with Gasteiger partial charge in [0.15, 0.2) is 0 Å². The largest absolute Gasteiger partial charge is 0.481 e. The molecular formula is C29H25FN4O3. The van der Waals surface area contributed by atoms with Gasteiger partial charge in [-0.2, -0.15) is 5.26 Å². The number of fused-ring (bicyclic) bond motifs is 2. The van der Waals surface area contributed by atoms with Crippen LogP contribution in [0.25, 0.3) is 21.9 Å². The number of rotatable bonds is 6. The van der Waals surface area contributed by atoms with Crippen molar-refractivity contribution in [3.8, 4) is 6.07 Å². The Morgan fingerprint density at radius 2 is 1.73 bits per heavy atom. The number of hydrogen-bond donors (Lipinski definition) is 1. The van der Waals surface area contributed by atoms with Crippen LogP contribution in [0.2, 0.25) is 0 Å². The minimum absolute atomic E-state index is 0.261. The fourth-order valence-electron chi connectivity index (χ4n) is 5.03. The molecule has 37 heavy (non-hydrogen) atoms. The predicted molar refractivity (Wildman–Crippen MR) is 139 cm³/mol. The Morgan fingerprint density at radius 3 is 2.41 bits per heavy atom. The summed E-state index contributed by atoms with van der Waals surface area (Å²) in [6, 6.07) is 15.9. The second-order valence-electron chi connectivity index (χ2n) is 9.44. The van der Waals surface area contributed by atoms with Gasteiger partial charge < -0.3 is 9.67 Å². The fraction of sp³-hybridized carbons (Fsp3) is 0.207. The quantitative estimate of drug-likeness (QED) is 0.357. The van der Waals surface area contributed by atoms with Gasteiger partial charge >= 0.3 is 11.7 Å². The number of carbonyl (C=O) groups is 1. The van der Waals surface area contributed by atoms with Gasteiger partial charge in [-0.3, -0.25) is 13.9 Å². The lowest BCUT2D eigenvalue weighted by atomic mass is 10.0. The molecule has 2 heterocycles. The molecule has 8 heteroatoms. The highest BCUT2D eigenvalue weighted by atomic mass is 19.1. The molecule has 186 valence electrons. The first-order valence-electron chi connectivity index (χ1n) is 11.8. The Labute approximate surface area is 212 Å². The number of nitriles is 1. The van der Waals surface area contributed by atoms with Gasteiger partial charge in [-0.15, -0.1) is 0 Å². The lowest BCUT2D eigenvalue weighted by molar-refractivity contribution is -0.137. The molecule has 0 aliphatic heterocycles. The van der Waals surface area contributed by atoms with Crippen molar-refractivity contribution in [1.82, 2.24) is 13.7 Å². The second-order valence-corrected chi connectivity index (χ2v) is 9.44. The van der Waals surface area contributed by atoms with Gasteiger partial charge in [0.1, 0.15) is 5.82 Å². The second kappa shape index (κ2) is 9.10. The van der Waals surface area contributed by atoms with Crippen LogP contribution in [0.3, 0.4) is 0 Å². The van der Waals surface area contributed by atoms with E-state index in [2.05, 4.69) is 25.1 Å². The van der Waals surface area contributed by atoms with Gasteiger partial charge in [-0.1, -0.05) is 12.1 Å². The lowest BCUT2D eigenvalue weighted by Crippen LogP contribution is -2.29. The van der Waals surface area contributed by atoms with E-state index in [0.717, 1.165) is 22.0 Å². The first-order chi connectivity index (χ1) is 17.7. The van der Waals surface area contributed by atoms with Crippen LogP contribution in [-0.4, -0.2) is 24.8 Å². The van der Waals surface area contributed by atoms with Crippen molar-refractivity contribution < 1.29 is 14.3 Å². The molecule has 0 amide bonds. The van der Waals surface area contributed by atoms with Crippen LogP contribution < -0.4 is 5.69 Å². The number of carboxylic acids is 1. The standard InChI is InChI=1S/C29H25FN4O3/c1-17-10-23-21(15-32(3)26(23)11-18(17)2)16-33-24-9-4-19(14-31)12-27(24)34(29(33)37)25(13-28(35)36)20-5-7-22(30)8-6-20/h4-12,15,25H,13,16H2,1-3H3,(H,35,36)/t25-/m1/s1. The topological polar surface area (TPSA) is 93.0 Å². The van der Waals surface area contributed by atoms with E-state index in [1.165, 1.54) is 34.4 Å². The zero-order valence-corrected chi connectivity index (χ0v) is 20.7. The maximum absolute atomic E-state index is 14.0. The zero-order chi connectivity index (χ0) is 26.4. The molecule has 0 aliphatic rings. The van der Waals surface area contributed by atoms with E-state index < -0.39 is 23.5 Å². The number of aryl methyl sites for hydroxylation is 3. The van der Waals surface area contributed by atoms with Crippen molar-refractivity contribution in [2.24, 2.45) is 7.05 Å². The van der Waals surface area contributed by atoms with Gasteiger partial charge in [0.25, 0.3) is 0 Å². The molecule has 1 atom stereocenters. The first-order valence-corrected chi connectivity index (χ1v) is 11.8. The zero-order valence-electron chi connectivity index (χ0n) is 20.7. The summed E-state index contributed by atoms with van der Waals surface area (Å²) < 4.78 is 18.7. The number of benzene rings is 3. The van der Waals surface area contributed by atoms with E-state index in [-0.39, 0.29) is 13.0 Å². The van der Waals surface area contributed by atoms with Gasteiger partial charge in [0, 0.05) is 24.1 Å². The van der Waals surface area contributed by atoms with E-state index >= 15 is 0 Å². The van der Waals surface area contributed by atoms with E-state index in [1.54, 1.807) is 22.8 Å². The van der Waals surface area contributed by atoms with Crippen LogP contribution >= 0.6 is 0 Å². The van der Waals surface area contributed by atoms with Crippen molar-refractivity contribution in [3.63, 3.8) is 0 Å². The number of nitrogens with zero attached hydrogens (tertiary/aromatic N) is 4. The number of carboxylic acid groups (broad SMARTS) is 1. The molecule has 0 fully saturated rings. The SMILES string of the molecule is Cc1cc2c(Cn3c(=O)n([C@H](CC(=O)O)c4ccc(F)cc4)c4cc(C#N)ccc43)cn(C)c2cc1C. The molecule has 0 saturated heterocycles. The predicted octanol–water partition coefficient (Wildman–Crippen LogP) is 5.03. The van der Waals surface area contributed by atoms with E-state index in [1.807, 2.05) is 24.7 Å². The first kappa shape index (κ1) is 24.1. The summed E-state index contributed by atoms with van der Waals surface area (Å²) in [6.07, 6.45) is 1.62. The highest BCUT2D eigenvalue weighted by Gasteiger charge is 2.25. The fourth-order valence-corrected chi connectivity index (χ4v) is 5.03. The molecule has 0 aliphatic carbocycles. The van der Waals surface area contributed by atoms with E-state index in [9.17, 15) is 24.3 Å². The Balaban J connectivity index is 1.75. The number of aromatic nitrogens is 3. The summed E-state index contributed by atoms with van der Waals surface area (Å²) in [4.78, 5) is 25.8. The third kappa shape index (κ3) is 4.19. The van der Waals surface area contributed by atoms with Crippen LogP contribution in [0, 0.1) is 31.0 Å². The maximum Gasteiger partial charge on any atom is 0.330 e. The van der Waals surface area contributed by atoms with Crippen LogP contribution in [0.15, 0.2) is 65.6 Å². The summed E-state index contributed by atoms with van der Waals surface area (Å²) in [6.45, 7) is 4.37. The summed E-state index contributed by atoms with van der Waals surface area (Å²) in [5, 5.41) is 20.2. The Kier molecular flexibility index (Phi) is 5.92. The molecule has 0 saturated carbocycles. The van der Waals surface area contributed by atoms with E-state index in [0.29, 0.717) is 22.2 Å². The Bertz CT molecular complexity index is 1790. The molecule has 1 N–H and O–H groups in total. The van der Waals surface area contributed by atoms with Crippen LogP contribution in [0.4, 0.5) is 4.39 Å². The van der Waals surface area contributed by atoms with Crippen molar-refractivity contribution in [3.05, 3.63) is 105 Å². The van der Waals surface area contributed by atoms with Crippen molar-refractivity contribution in [2.45, 2.75) is 32.9 Å². The number of imidazole rings is 1. The van der Waals surface area contributed by atoms with Gasteiger partial charge in [-0.05, 0) is 78.6 Å². The number of hydrogen-bond acceptors (Lipinski definition) is 3. The Morgan fingerprint density at radius 1 is 1.03 bits per heavy atom. The van der Waals surface area contributed by atoms with Crippen LogP contribution in [0.5, 0.6) is 0 Å². The minimum Gasteiger partial charge on any atom is -0.481 e. The number of halogens is 1. The smallest absolute Gasteiger partial charge is 0.330 e. The normalized spacial score (nSPS) is 12.2. The molecule has 0 spiro atoms. The molecule has 0 bridgehead atoms. The summed E-state index contributed by atoms with van der Waals surface area (Å²) >= 11 is 0. The molecule has 0 radical (unpaired) electrons. The van der Waals surface area contributed by atoms with Gasteiger partial charge in [0.2, 0.25) is 0 Å². The molecule has 5 aromatic rings. The lowest BCUT2D eigenvalue weighted by Gasteiger charge is -2.17. The highest BCUT2D eigenvalue weighted by Crippen LogP contribution is 2.29. The monoisotopic (exact) mass is 496 g/mol. The molecule has 0 unspecified atom stereocenters. The molecular weight excluding hydrogens is 471 g/mol. The summed E-state index contributed by atoms with van der Waals surface area (Å²) in [7, 11) is 1.96. The summed E-state index contributed by atoms with van der Waals surface area (Å²) in [5.41, 5.74) is 5.79. The van der Waals surface area contributed by atoms with Gasteiger partial charge in [0.05, 0.1) is 41.7 Å². The minimum atomic E-state index is -1.10. The maximum atomic E-state index is 14.0. The van der Waals surface area contributed by atoms with Crippen molar-refractivity contribution in [1.29, 1.82) is 5.26 Å². The summed E-state index contributed by atoms with van der Waals surface area (Å²) in [5.74, 6) is -1.56. The van der Waals surface area contributed by atoms with Gasteiger partial charge in [-0.25, -0.2) is 9.18 Å².